The highest BCUT2D eigenvalue weighted by Crippen LogP contribution is 2.22. The van der Waals surface area contributed by atoms with Gasteiger partial charge >= 0.3 is 5.97 Å². The Morgan fingerprint density at radius 3 is 2.82 bits per heavy atom. The van der Waals surface area contributed by atoms with Gasteiger partial charge in [0.05, 0.1) is 7.11 Å². The zero-order valence-corrected chi connectivity index (χ0v) is 10.9. The van der Waals surface area contributed by atoms with E-state index in [0.29, 0.717) is 23.0 Å². The molecule has 0 heterocycles. The Morgan fingerprint density at radius 1 is 1.47 bits per heavy atom. The third-order valence-electron chi connectivity index (χ3n) is 2.29. The lowest BCUT2D eigenvalue weighted by Gasteiger charge is -2.07. The number of hydrogen-bond acceptors (Lipinski definition) is 3. The average molecular weight is 255 g/mol. The molecule has 0 atom stereocenters. The molecule has 1 aromatic carbocycles. The maximum atomic E-state index is 11.1. The Morgan fingerprint density at radius 2 is 2.18 bits per heavy atom. The van der Waals surface area contributed by atoms with Gasteiger partial charge in [-0.05, 0) is 37.6 Å². The van der Waals surface area contributed by atoms with Crippen LogP contribution in [-0.4, -0.2) is 19.7 Å². The molecule has 0 spiro atoms. The van der Waals surface area contributed by atoms with Gasteiger partial charge in [0.15, 0.2) is 0 Å². The highest BCUT2D eigenvalue weighted by Gasteiger charge is 2.03. The molecule has 0 amide bonds. The third kappa shape index (κ3) is 4.11. The van der Waals surface area contributed by atoms with Crippen LogP contribution in [0.4, 0.5) is 0 Å². The number of benzene rings is 1. The van der Waals surface area contributed by atoms with Crippen LogP contribution in [0.1, 0.15) is 12.5 Å². The Balaban J connectivity index is 2.62. The normalized spacial score (nSPS) is 11.2. The number of esters is 1. The predicted molar refractivity (Wildman–Crippen MR) is 67.5 cm³/mol. The number of hydrogen-bond donors (Lipinski definition) is 0. The highest BCUT2D eigenvalue weighted by molar-refractivity contribution is 6.30. The maximum Gasteiger partial charge on any atom is 0.333 e. The summed E-state index contributed by atoms with van der Waals surface area (Å²) in [4.78, 5) is 11.1. The van der Waals surface area contributed by atoms with E-state index in [9.17, 15) is 4.79 Å². The summed E-state index contributed by atoms with van der Waals surface area (Å²) in [5.74, 6) is 0.364. The summed E-state index contributed by atoms with van der Waals surface area (Å²) >= 11 is 5.86. The van der Waals surface area contributed by atoms with E-state index in [0.717, 1.165) is 5.56 Å². The molecule has 0 aromatic heterocycles. The van der Waals surface area contributed by atoms with Crippen molar-refractivity contribution in [3.8, 4) is 5.75 Å². The molecule has 17 heavy (non-hydrogen) atoms. The van der Waals surface area contributed by atoms with Crippen molar-refractivity contribution in [2.75, 3.05) is 13.7 Å². The van der Waals surface area contributed by atoms with Gasteiger partial charge in [-0.15, -0.1) is 0 Å². The van der Waals surface area contributed by atoms with Gasteiger partial charge in [0.25, 0.3) is 0 Å². The van der Waals surface area contributed by atoms with Gasteiger partial charge in [0.1, 0.15) is 12.4 Å². The van der Waals surface area contributed by atoms with Crippen molar-refractivity contribution in [1.82, 2.24) is 0 Å². The fraction of sp³-hybridized carbons (Fsp3) is 0.308. The van der Waals surface area contributed by atoms with Gasteiger partial charge in [-0.25, -0.2) is 4.79 Å². The molecule has 0 saturated heterocycles. The van der Waals surface area contributed by atoms with Crippen molar-refractivity contribution in [2.24, 2.45) is 0 Å². The van der Waals surface area contributed by atoms with Gasteiger partial charge in [0, 0.05) is 10.6 Å². The average Bonchev–Trinajstić information content (AvgIpc) is 2.32. The van der Waals surface area contributed by atoms with Crippen LogP contribution in [-0.2, 0) is 9.53 Å². The molecule has 3 nitrogen and oxygen atoms in total. The number of carbonyl (C=O) groups is 1. The first-order chi connectivity index (χ1) is 8.04. The molecule has 0 aliphatic heterocycles. The van der Waals surface area contributed by atoms with Crippen LogP contribution in [0.2, 0.25) is 5.02 Å². The first-order valence-electron chi connectivity index (χ1n) is 5.18. The number of rotatable bonds is 4. The number of ether oxygens (including phenoxy) is 2. The molecule has 0 aliphatic rings. The highest BCUT2D eigenvalue weighted by atomic mass is 35.5. The Hall–Kier alpha value is -1.48. The van der Waals surface area contributed by atoms with Crippen LogP contribution < -0.4 is 4.74 Å². The first kappa shape index (κ1) is 13.6. The second kappa shape index (κ2) is 6.30. The second-order valence-electron chi connectivity index (χ2n) is 3.60. The van der Waals surface area contributed by atoms with E-state index in [1.165, 1.54) is 7.11 Å². The fourth-order valence-electron chi connectivity index (χ4n) is 1.23. The van der Waals surface area contributed by atoms with Crippen LogP contribution in [0, 0.1) is 6.92 Å². The zero-order valence-electron chi connectivity index (χ0n) is 10.1. The Labute approximate surface area is 106 Å². The molecule has 0 radical (unpaired) electrons. The lowest BCUT2D eigenvalue weighted by Crippen LogP contribution is -2.04. The first-order valence-corrected chi connectivity index (χ1v) is 5.56. The van der Waals surface area contributed by atoms with E-state index >= 15 is 0 Å². The van der Waals surface area contributed by atoms with Gasteiger partial charge < -0.3 is 9.47 Å². The smallest absolute Gasteiger partial charge is 0.333 e. The van der Waals surface area contributed by atoms with Gasteiger partial charge in [-0.2, -0.15) is 0 Å². The molecule has 4 heteroatoms. The van der Waals surface area contributed by atoms with Crippen LogP contribution in [0.25, 0.3) is 0 Å². The molecule has 0 saturated carbocycles. The molecule has 1 rings (SSSR count). The summed E-state index contributed by atoms with van der Waals surface area (Å²) in [7, 11) is 1.35. The van der Waals surface area contributed by atoms with E-state index in [1.807, 2.05) is 13.0 Å². The van der Waals surface area contributed by atoms with Crippen molar-refractivity contribution in [2.45, 2.75) is 13.8 Å². The summed E-state index contributed by atoms with van der Waals surface area (Å²) in [6, 6.07) is 5.44. The number of aryl methyl sites for hydroxylation is 1. The fourth-order valence-corrected chi connectivity index (χ4v) is 1.39. The van der Waals surface area contributed by atoms with Crippen molar-refractivity contribution in [3.63, 3.8) is 0 Å². The minimum Gasteiger partial charge on any atom is -0.489 e. The molecule has 0 fully saturated rings. The Bertz CT molecular complexity index is 438. The number of halogens is 1. The van der Waals surface area contributed by atoms with Crippen molar-refractivity contribution in [3.05, 3.63) is 40.4 Å². The molecule has 92 valence electrons. The zero-order chi connectivity index (χ0) is 12.8. The summed E-state index contributed by atoms with van der Waals surface area (Å²) in [6.07, 6.45) is 1.67. The quantitative estimate of drug-likeness (QED) is 0.612. The van der Waals surface area contributed by atoms with Crippen LogP contribution in [0.15, 0.2) is 29.8 Å². The molecule has 0 aliphatic carbocycles. The molecule has 0 N–H and O–H groups in total. The summed E-state index contributed by atoms with van der Waals surface area (Å²) in [5, 5.41) is 0.624. The van der Waals surface area contributed by atoms with E-state index in [4.69, 9.17) is 16.3 Å². The number of carbonyl (C=O) groups excluding carboxylic acids is 1. The van der Waals surface area contributed by atoms with E-state index in [1.54, 1.807) is 25.1 Å². The number of methoxy groups -OCH3 is 1. The maximum absolute atomic E-state index is 11.1. The van der Waals surface area contributed by atoms with E-state index < -0.39 is 0 Å². The monoisotopic (exact) mass is 254 g/mol. The van der Waals surface area contributed by atoms with Crippen LogP contribution in [0.3, 0.4) is 0 Å². The summed E-state index contributed by atoms with van der Waals surface area (Å²) in [5.41, 5.74) is 1.52. The molecule has 0 bridgehead atoms. The summed E-state index contributed by atoms with van der Waals surface area (Å²) in [6.45, 7) is 3.92. The summed E-state index contributed by atoms with van der Waals surface area (Å²) < 4.78 is 10.1. The molecule has 0 unspecified atom stereocenters. The van der Waals surface area contributed by atoms with Crippen LogP contribution in [0.5, 0.6) is 5.75 Å². The minimum atomic E-state index is -0.351. The lowest BCUT2D eigenvalue weighted by atomic mass is 10.2. The van der Waals surface area contributed by atoms with Crippen molar-refractivity contribution >= 4 is 17.6 Å². The predicted octanol–water partition coefficient (Wildman–Crippen LogP) is 3.15. The molecule has 1 aromatic rings. The van der Waals surface area contributed by atoms with E-state index in [-0.39, 0.29) is 5.97 Å². The molecular formula is C13H15ClO3. The van der Waals surface area contributed by atoms with Gasteiger partial charge in [-0.1, -0.05) is 17.7 Å². The SMILES string of the molecule is COC(=O)C(C)=CCOc1cc(Cl)ccc1C. The van der Waals surface area contributed by atoms with E-state index in [2.05, 4.69) is 4.74 Å². The third-order valence-corrected chi connectivity index (χ3v) is 2.52. The standard InChI is InChI=1S/C13H15ClO3/c1-9-4-5-11(14)8-12(9)17-7-6-10(2)13(15)16-3/h4-6,8H,7H2,1-3H3. The van der Waals surface area contributed by atoms with Gasteiger partial charge in [0.2, 0.25) is 0 Å². The van der Waals surface area contributed by atoms with Crippen molar-refractivity contribution < 1.29 is 14.3 Å². The van der Waals surface area contributed by atoms with Gasteiger partial charge in [-0.3, -0.25) is 0 Å². The molecular weight excluding hydrogens is 240 g/mol. The van der Waals surface area contributed by atoms with Crippen LogP contribution >= 0.6 is 11.6 Å². The second-order valence-corrected chi connectivity index (χ2v) is 4.04. The minimum absolute atomic E-state index is 0.308. The topological polar surface area (TPSA) is 35.5 Å². The van der Waals surface area contributed by atoms with Crippen molar-refractivity contribution in [1.29, 1.82) is 0 Å². The largest absolute Gasteiger partial charge is 0.489 e. The lowest BCUT2D eigenvalue weighted by molar-refractivity contribution is -0.136. The Kier molecular flexibility index (Phi) is 5.04.